The summed E-state index contributed by atoms with van der Waals surface area (Å²) in [6, 6.07) is 0. The molecule has 0 bridgehead atoms. The first kappa shape index (κ1) is 9.44. The predicted molar refractivity (Wildman–Crippen MR) is 57.2 cm³/mol. The fourth-order valence-electron chi connectivity index (χ4n) is 1.69. The second-order valence-corrected chi connectivity index (χ2v) is 4.06. The molecule has 1 fully saturated rings. The van der Waals surface area contributed by atoms with Crippen molar-refractivity contribution in [2.24, 2.45) is 0 Å². The molecule has 0 saturated heterocycles. The van der Waals surface area contributed by atoms with Crippen LogP contribution in [0.3, 0.4) is 0 Å². The molecule has 76 valence electrons. The first-order valence-corrected chi connectivity index (χ1v) is 5.35. The Labute approximate surface area is 84.8 Å². The number of hydrogen-bond donors (Lipinski definition) is 1. The van der Waals surface area contributed by atoms with Gasteiger partial charge in [-0.1, -0.05) is 6.92 Å². The van der Waals surface area contributed by atoms with Gasteiger partial charge >= 0.3 is 0 Å². The van der Waals surface area contributed by atoms with Gasteiger partial charge in [0.2, 0.25) is 0 Å². The fourth-order valence-corrected chi connectivity index (χ4v) is 1.69. The van der Waals surface area contributed by atoms with Crippen LogP contribution in [0.5, 0.6) is 0 Å². The van der Waals surface area contributed by atoms with Gasteiger partial charge in [0, 0.05) is 17.9 Å². The Morgan fingerprint density at radius 1 is 1.36 bits per heavy atom. The van der Waals surface area contributed by atoms with Crippen LogP contribution in [0, 0.1) is 6.92 Å². The van der Waals surface area contributed by atoms with E-state index in [9.17, 15) is 0 Å². The first-order valence-electron chi connectivity index (χ1n) is 5.35. The SMILES string of the molecule is CCCc1nc(N)c(C)c(C2CC2)n1. The molecule has 0 spiro atoms. The number of aryl methyl sites for hydroxylation is 1. The summed E-state index contributed by atoms with van der Waals surface area (Å²) in [5.41, 5.74) is 8.15. The zero-order chi connectivity index (χ0) is 10.1. The van der Waals surface area contributed by atoms with Crippen LogP contribution < -0.4 is 5.73 Å². The Morgan fingerprint density at radius 3 is 2.64 bits per heavy atom. The van der Waals surface area contributed by atoms with Crippen LogP contribution in [0.2, 0.25) is 0 Å². The van der Waals surface area contributed by atoms with Crippen LogP contribution in [0.15, 0.2) is 0 Å². The second kappa shape index (κ2) is 3.56. The summed E-state index contributed by atoms with van der Waals surface area (Å²) in [6.07, 6.45) is 4.54. The maximum atomic E-state index is 5.87. The summed E-state index contributed by atoms with van der Waals surface area (Å²) in [5.74, 6) is 2.25. The highest BCUT2D eigenvalue weighted by Gasteiger charge is 2.28. The third-order valence-electron chi connectivity index (χ3n) is 2.71. The van der Waals surface area contributed by atoms with E-state index in [2.05, 4.69) is 16.9 Å². The lowest BCUT2D eigenvalue weighted by Gasteiger charge is -2.08. The third kappa shape index (κ3) is 1.72. The molecule has 0 unspecified atom stereocenters. The number of anilines is 1. The van der Waals surface area contributed by atoms with Crippen molar-refractivity contribution >= 4 is 5.82 Å². The van der Waals surface area contributed by atoms with E-state index in [1.165, 1.54) is 18.5 Å². The van der Waals surface area contributed by atoms with Gasteiger partial charge in [0.15, 0.2) is 0 Å². The summed E-state index contributed by atoms with van der Waals surface area (Å²) in [5, 5.41) is 0. The molecule has 2 rings (SSSR count). The smallest absolute Gasteiger partial charge is 0.131 e. The van der Waals surface area contributed by atoms with Gasteiger partial charge in [0.1, 0.15) is 11.6 Å². The molecule has 3 nitrogen and oxygen atoms in total. The molecule has 1 aliphatic carbocycles. The van der Waals surface area contributed by atoms with Crippen molar-refractivity contribution in [3.8, 4) is 0 Å². The number of rotatable bonds is 3. The predicted octanol–water partition coefficient (Wildman–Crippen LogP) is 2.20. The van der Waals surface area contributed by atoms with Crippen molar-refractivity contribution in [3.63, 3.8) is 0 Å². The van der Waals surface area contributed by atoms with Gasteiger partial charge in [0.25, 0.3) is 0 Å². The molecule has 0 amide bonds. The van der Waals surface area contributed by atoms with Crippen LogP contribution in [0.1, 0.15) is 49.2 Å². The van der Waals surface area contributed by atoms with Crippen LogP contribution in [-0.2, 0) is 6.42 Å². The van der Waals surface area contributed by atoms with Crippen LogP contribution >= 0.6 is 0 Å². The Kier molecular flexibility index (Phi) is 2.40. The maximum Gasteiger partial charge on any atom is 0.131 e. The Balaban J connectivity index is 2.36. The van der Waals surface area contributed by atoms with Gasteiger partial charge < -0.3 is 5.73 Å². The third-order valence-corrected chi connectivity index (χ3v) is 2.71. The van der Waals surface area contributed by atoms with Crippen molar-refractivity contribution in [1.82, 2.24) is 9.97 Å². The molecule has 1 aromatic rings. The molecule has 0 atom stereocenters. The minimum absolute atomic E-state index is 0.663. The average molecular weight is 191 g/mol. The van der Waals surface area contributed by atoms with E-state index in [0.717, 1.165) is 24.2 Å². The van der Waals surface area contributed by atoms with Crippen molar-refractivity contribution < 1.29 is 0 Å². The van der Waals surface area contributed by atoms with E-state index >= 15 is 0 Å². The zero-order valence-electron chi connectivity index (χ0n) is 8.88. The summed E-state index contributed by atoms with van der Waals surface area (Å²) in [4.78, 5) is 8.89. The van der Waals surface area contributed by atoms with Crippen molar-refractivity contribution in [1.29, 1.82) is 0 Å². The van der Waals surface area contributed by atoms with Crippen molar-refractivity contribution in [2.45, 2.75) is 45.4 Å². The highest BCUT2D eigenvalue weighted by Crippen LogP contribution is 2.41. The molecule has 2 N–H and O–H groups in total. The quantitative estimate of drug-likeness (QED) is 0.796. The van der Waals surface area contributed by atoms with Gasteiger partial charge in [-0.15, -0.1) is 0 Å². The molecular formula is C11H17N3. The summed E-state index contributed by atoms with van der Waals surface area (Å²) in [7, 11) is 0. The lowest BCUT2D eigenvalue weighted by Crippen LogP contribution is -2.06. The molecular weight excluding hydrogens is 174 g/mol. The molecule has 0 aromatic carbocycles. The fraction of sp³-hybridized carbons (Fsp3) is 0.636. The minimum atomic E-state index is 0.663. The molecule has 3 heteroatoms. The maximum absolute atomic E-state index is 5.87. The van der Waals surface area contributed by atoms with E-state index in [4.69, 9.17) is 5.73 Å². The number of aromatic nitrogens is 2. The molecule has 0 aliphatic heterocycles. The molecule has 1 heterocycles. The Bertz CT molecular complexity index is 343. The largest absolute Gasteiger partial charge is 0.383 e. The summed E-state index contributed by atoms with van der Waals surface area (Å²) >= 11 is 0. The summed E-state index contributed by atoms with van der Waals surface area (Å²) in [6.45, 7) is 4.16. The zero-order valence-corrected chi connectivity index (χ0v) is 8.88. The molecule has 14 heavy (non-hydrogen) atoms. The highest BCUT2D eigenvalue weighted by atomic mass is 15.0. The number of nitrogen functional groups attached to an aromatic ring is 1. The molecule has 1 aromatic heterocycles. The molecule has 0 radical (unpaired) electrons. The van der Waals surface area contributed by atoms with E-state index in [0.29, 0.717) is 11.7 Å². The van der Waals surface area contributed by atoms with E-state index in [1.54, 1.807) is 0 Å². The van der Waals surface area contributed by atoms with Crippen LogP contribution in [0.4, 0.5) is 5.82 Å². The van der Waals surface area contributed by atoms with E-state index in [-0.39, 0.29) is 0 Å². The standard InChI is InChI=1S/C11H17N3/c1-3-4-9-13-10(8-5-6-8)7(2)11(12)14-9/h8H,3-6H2,1-2H3,(H2,12,13,14). The lowest BCUT2D eigenvalue weighted by atomic mass is 10.1. The normalized spacial score (nSPS) is 15.9. The number of nitrogens with zero attached hydrogens (tertiary/aromatic N) is 2. The van der Waals surface area contributed by atoms with Crippen molar-refractivity contribution in [3.05, 3.63) is 17.1 Å². The number of hydrogen-bond acceptors (Lipinski definition) is 3. The van der Waals surface area contributed by atoms with Gasteiger partial charge in [-0.3, -0.25) is 0 Å². The Morgan fingerprint density at radius 2 is 2.07 bits per heavy atom. The van der Waals surface area contributed by atoms with E-state index in [1.807, 2.05) is 6.92 Å². The highest BCUT2D eigenvalue weighted by molar-refractivity contribution is 5.43. The first-order chi connectivity index (χ1) is 6.72. The van der Waals surface area contributed by atoms with E-state index < -0.39 is 0 Å². The minimum Gasteiger partial charge on any atom is -0.383 e. The summed E-state index contributed by atoms with van der Waals surface area (Å²) < 4.78 is 0. The average Bonchev–Trinajstić information content (AvgIpc) is 2.94. The van der Waals surface area contributed by atoms with Gasteiger partial charge in [-0.25, -0.2) is 9.97 Å². The second-order valence-electron chi connectivity index (χ2n) is 4.06. The lowest BCUT2D eigenvalue weighted by molar-refractivity contribution is 0.808. The van der Waals surface area contributed by atoms with Gasteiger partial charge in [0.05, 0.1) is 5.69 Å². The van der Waals surface area contributed by atoms with Gasteiger partial charge in [-0.2, -0.15) is 0 Å². The van der Waals surface area contributed by atoms with Crippen LogP contribution in [-0.4, -0.2) is 9.97 Å². The van der Waals surface area contributed by atoms with Crippen molar-refractivity contribution in [2.75, 3.05) is 5.73 Å². The van der Waals surface area contributed by atoms with Gasteiger partial charge in [-0.05, 0) is 26.2 Å². The number of nitrogens with two attached hydrogens (primary N) is 1. The van der Waals surface area contributed by atoms with Crippen LogP contribution in [0.25, 0.3) is 0 Å². The monoisotopic (exact) mass is 191 g/mol. The topological polar surface area (TPSA) is 51.8 Å². The Hall–Kier alpha value is -1.12. The molecule has 1 aliphatic rings. The molecule has 1 saturated carbocycles.